The van der Waals surface area contributed by atoms with Gasteiger partial charge in [-0.3, -0.25) is 19.1 Å². The number of rotatable bonds is 4. The number of hydrogen-bond acceptors (Lipinski definition) is 6. The molecule has 1 aromatic carbocycles. The highest BCUT2D eigenvalue weighted by molar-refractivity contribution is 7.14. The molecule has 0 fully saturated rings. The minimum absolute atomic E-state index is 0.227. The lowest BCUT2D eigenvalue weighted by molar-refractivity contribution is -0.116. The molecular weight excluding hydrogens is 356 g/mol. The number of aromatic nitrogens is 3. The number of H-pyrrole nitrogens is 1. The molecule has 0 aliphatic rings. The summed E-state index contributed by atoms with van der Waals surface area (Å²) in [5.41, 5.74) is 0.220. The van der Waals surface area contributed by atoms with E-state index in [1.54, 1.807) is 5.38 Å². The van der Waals surface area contributed by atoms with Crippen LogP contribution in [0.15, 0.2) is 62.0 Å². The van der Waals surface area contributed by atoms with E-state index in [1.807, 2.05) is 30.3 Å². The third-order valence-electron chi connectivity index (χ3n) is 3.64. The standard InChI is InChI=1S/C17H12N4O4S/c22-14-5-6-21(17(24)20-14)8-15(23)19-16-18-11(9-26-16)13-7-10-3-1-2-4-12(10)25-13/h1-7,9H,8H2,(H,18,19,23)(H,20,22,24). The number of hydrogen-bond donors (Lipinski definition) is 2. The second kappa shape index (κ2) is 6.45. The third kappa shape index (κ3) is 3.20. The second-order valence-electron chi connectivity index (χ2n) is 5.47. The zero-order chi connectivity index (χ0) is 18.1. The molecule has 0 radical (unpaired) electrons. The van der Waals surface area contributed by atoms with Gasteiger partial charge in [0.25, 0.3) is 5.56 Å². The third-order valence-corrected chi connectivity index (χ3v) is 4.40. The highest BCUT2D eigenvalue weighted by Crippen LogP contribution is 2.30. The van der Waals surface area contributed by atoms with E-state index in [2.05, 4.69) is 15.3 Å². The van der Waals surface area contributed by atoms with Crippen LogP contribution in [0.1, 0.15) is 0 Å². The number of furan rings is 1. The summed E-state index contributed by atoms with van der Waals surface area (Å²) >= 11 is 1.25. The summed E-state index contributed by atoms with van der Waals surface area (Å²) in [5.74, 6) is 0.185. The SMILES string of the molecule is O=C(Cn1ccc(=O)[nH]c1=O)Nc1nc(-c2cc3ccccc3o2)cs1. The Labute approximate surface area is 149 Å². The lowest BCUT2D eigenvalue weighted by Gasteiger charge is -2.03. The van der Waals surface area contributed by atoms with Gasteiger partial charge in [0.05, 0.1) is 0 Å². The van der Waals surface area contributed by atoms with Crippen molar-refractivity contribution in [1.82, 2.24) is 14.5 Å². The summed E-state index contributed by atoms with van der Waals surface area (Å²) in [4.78, 5) is 41.2. The first kappa shape index (κ1) is 16.0. The van der Waals surface area contributed by atoms with E-state index >= 15 is 0 Å². The molecular formula is C17H12N4O4S. The van der Waals surface area contributed by atoms with Gasteiger partial charge in [-0.2, -0.15) is 0 Å². The predicted molar refractivity (Wildman–Crippen MR) is 97.3 cm³/mol. The summed E-state index contributed by atoms with van der Waals surface area (Å²) in [6.45, 7) is -0.227. The number of carbonyl (C=O) groups excluding carboxylic acids is 1. The minimum Gasteiger partial charge on any atom is -0.454 e. The van der Waals surface area contributed by atoms with E-state index in [9.17, 15) is 14.4 Å². The summed E-state index contributed by atoms with van der Waals surface area (Å²) in [5, 5.41) is 5.77. The molecule has 0 unspecified atom stereocenters. The number of nitrogens with zero attached hydrogens (tertiary/aromatic N) is 2. The summed E-state index contributed by atoms with van der Waals surface area (Å²) in [6.07, 6.45) is 1.27. The van der Waals surface area contributed by atoms with Crippen LogP contribution in [0, 0.1) is 0 Å². The normalized spacial score (nSPS) is 10.9. The average Bonchev–Trinajstić information content (AvgIpc) is 3.23. The average molecular weight is 368 g/mol. The van der Waals surface area contributed by atoms with Crippen LogP contribution in [0.3, 0.4) is 0 Å². The highest BCUT2D eigenvalue weighted by atomic mass is 32.1. The van der Waals surface area contributed by atoms with Gasteiger partial charge in [-0.15, -0.1) is 11.3 Å². The van der Waals surface area contributed by atoms with Crippen LogP contribution >= 0.6 is 11.3 Å². The van der Waals surface area contributed by atoms with Crippen molar-refractivity contribution >= 4 is 33.3 Å². The maximum absolute atomic E-state index is 12.1. The van der Waals surface area contributed by atoms with E-state index in [-0.39, 0.29) is 6.54 Å². The van der Waals surface area contributed by atoms with Gasteiger partial charge < -0.3 is 9.73 Å². The Morgan fingerprint density at radius 3 is 2.92 bits per heavy atom. The van der Waals surface area contributed by atoms with Gasteiger partial charge in [0.1, 0.15) is 17.8 Å². The molecule has 4 aromatic rings. The summed E-state index contributed by atoms with van der Waals surface area (Å²) in [7, 11) is 0. The molecule has 0 bridgehead atoms. The number of aromatic amines is 1. The van der Waals surface area contributed by atoms with Crippen molar-refractivity contribution in [3.05, 3.63) is 68.8 Å². The van der Waals surface area contributed by atoms with E-state index in [0.29, 0.717) is 16.6 Å². The number of para-hydroxylation sites is 1. The Hall–Kier alpha value is -3.46. The molecule has 0 saturated carbocycles. The maximum atomic E-state index is 12.1. The zero-order valence-electron chi connectivity index (χ0n) is 13.3. The Morgan fingerprint density at radius 2 is 2.12 bits per heavy atom. The molecule has 0 atom stereocenters. The van der Waals surface area contributed by atoms with Gasteiger partial charge in [0, 0.05) is 23.0 Å². The van der Waals surface area contributed by atoms with Gasteiger partial charge in [-0.1, -0.05) is 18.2 Å². The van der Waals surface area contributed by atoms with Crippen LogP contribution in [0.25, 0.3) is 22.4 Å². The molecule has 1 amide bonds. The zero-order valence-corrected chi connectivity index (χ0v) is 14.1. The molecule has 8 nitrogen and oxygen atoms in total. The van der Waals surface area contributed by atoms with Crippen molar-refractivity contribution in [2.24, 2.45) is 0 Å². The van der Waals surface area contributed by atoms with Gasteiger partial charge in [0.2, 0.25) is 5.91 Å². The summed E-state index contributed by atoms with van der Waals surface area (Å²) in [6, 6.07) is 10.7. The van der Waals surface area contributed by atoms with Crippen molar-refractivity contribution in [1.29, 1.82) is 0 Å². The summed E-state index contributed by atoms with van der Waals surface area (Å²) < 4.78 is 6.85. The monoisotopic (exact) mass is 368 g/mol. The van der Waals surface area contributed by atoms with Crippen molar-refractivity contribution in [3.63, 3.8) is 0 Å². The fourth-order valence-electron chi connectivity index (χ4n) is 2.43. The van der Waals surface area contributed by atoms with Crippen molar-refractivity contribution in [2.75, 3.05) is 5.32 Å². The Kier molecular flexibility index (Phi) is 3.98. The van der Waals surface area contributed by atoms with Gasteiger partial charge in [-0.25, -0.2) is 9.78 Å². The minimum atomic E-state index is -0.644. The molecule has 26 heavy (non-hydrogen) atoms. The first-order chi connectivity index (χ1) is 12.6. The van der Waals surface area contributed by atoms with Gasteiger partial charge in [0.15, 0.2) is 10.9 Å². The number of fused-ring (bicyclic) bond motifs is 1. The van der Waals surface area contributed by atoms with Gasteiger partial charge >= 0.3 is 5.69 Å². The van der Waals surface area contributed by atoms with Crippen molar-refractivity contribution in [3.8, 4) is 11.5 Å². The second-order valence-corrected chi connectivity index (χ2v) is 6.33. The van der Waals surface area contributed by atoms with E-state index in [1.165, 1.54) is 23.6 Å². The van der Waals surface area contributed by atoms with Crippen LogP contribution in [0.5, 0.6) is 0 Å². The lowest BCUT2D eigenvalue weighted by atomic mass is 10.2. The van der Waals surface area contributed by atoms with Crippen LogP contribution in [0.4, 0.5) is 5.13 Å². The molecule has 130 valence electrons. The Bertz CT molecular complexity index is 1180. The van der Waals surface area contributed by atoms with Gasteiger partial charge in [-0.05, 0) is 12.1 Å². The van der Waals surface area contributed by atoms with E-state index < -0.39 is 17.2 Å². The van der Waals surface area contributed by atoms with Crippen LogP contribution < -0.4 is 16.6 Å². The number of benzene rings is 1. The lowest BCUT2D eigenvalue weighted by Crippen LogP contribution is -2.32. The maximum Gasteiger partial charge on any atom is 0.328 e. The number of carbonyl (C=O) groups is 1. The quantitative estimate of drug-likeness (QED) is 0.573. The molecule has 0 aliphatic carbocycles. The predicted octanol–water partition coefficient (Wildman–Crippen LogP) is 2.04. The first-order valence-electron chi connectivity index (χ1n) is 7.62. The van der Waals surface area contributed by atoms with Crippen LogP contribution in [-0.4, -0.2) is 20.4 Å². The Balaban J connectivity index is 1.50. The van der Waals surface area contributed by atoms with Crippen molar-refractivity contribution in [2.45, 2.75) is 6.54 Å². The topological polar surface area (TPSA) is 110 Å². The number of anilines is 1. The fourth-order valence-corrected chi connectivity index (χ4v) is 3.15. The molecule has 9 heteroatoms. The van der Waals surface area contributed by atoms with Crippen LogP contribution in [0.2, 0.25) is 0 Å². The molecule has 2 N–H and O–H groups in total. The first-order valence-corrected chi connectivity index (χ1v) is 8.50. The molecule has 4 rings (SSSR count). The fraction of sp³-hybridized carbons (Fsp3) is 0.0588. The molecule has 0 saturated heterocycles. The Morgan fingerprint density at radius 1 is 1.27 bits per heavy atom. The molecule has 0 spiro atoms. The number of thiazole rings is 1. The molecule has 3 heterocycles. The largest absolute Gasteiger partial charge is 0.454 e. The van der Waals surface area contributed by atoms with E-state index in [0.717, 1.165) is 15.5 Å². The smallest absolute Gasteiger partial charge is 0.328 e. The molecule has 0 aliphatic heterocycles. The van der Waals surface area contributed by atoms with Crippen LogP contribution in [-0.2, 0) is 11.3 Å². The number of nitrogens with one attached hydrogen (secondary N) is 2. The van der Waals surface area contributed by atoms with Crippen molar-refractivity contribution < 1.29 is 9.21 Å². The highest BCUT2D eigenvalue weighted by Gasteiger charge is 2.12. The number of amides is 1. The van der Waals surface area contributed by atoms with E-state index in [4.69, 9.17) is 4.42 Å². The molecule has 3 aromatic heterocycles.